The van der Waals surface area contributed by atoms with E-state index in [1.165, 1.54) is 6.07 Å². The Morgan fingerprint density at radius 3 is 3.11 bits per heavy atom. The summed E-state index contributed by atoms with van der Waals surface area (Å²) in [5.41, 5.74) is 1.78. The molecule has 138 valence electrons. The van der Waals surface area contributed by atoms with Gasteiger partial charge in [-0.15, -0.1) is 0 Å². The van der Waals surface area contributed by atoms with Gasteiger partial charge in [-0.2, -0.15) is 0 Å². The number of rotatable bonds is 6. The van der Waals surface area contributed by atoms with Gasteiger partial charge in [-0.1, -0.05) is 0 Å². The lowest BCUT2D eigenvalue weighted by Crippen LogP contribution is -2.46. The van der Waals surface area contributed by atoms with Crippen molar-refractivity contribution in [2.24, 2.45) is 4.99 Å². The predicted molar refractivity (Wildman–Crippen MR) is 96.5 cm³/mol. The maximum Gasteiger partial charge on any atom is 0.304 e. The standard InChI is InChI=1S/C18H16FN5O3/c19-10-6-11-12(9-22-17(11)21-8-10)18-23-13(14-2-1-5-27-14)7-15(24-18)20-4-3-16(25)26/h1-2,5-9,15,20H,3-4H2,(H,21,22)(H,23,24)(H,25,26). The molecule has 1 aliphatic rings. The molecule has 0 saturated heterocycles. The first-order valence-corrected chi connectivity index (χ1v) is 8.29. The molecule has 3 aromatic rings. The van der Waals surface area contributed by atoms with E-state index < -0.39 is 11.8 Å². The number of halogens is 1. The average molecular weight is 369 g/mol. The third-order valence-electron chi connectivity index (χ3n) is 4.08. The molecule has 0 fully saturated rings. The lowest BCUT2D eigenvalue weighted by atomic mass is 10.1. The summed E-state index contributed by atoms with van der Waals surface area (Å²) >= 11 is 0. The monoisotopic (exact) mass is 369 g/mol. The van der Waals surface area contributed by atoms with E-state index in [0.29, 0.717) is 33.9 Å². The number of aromatic nitrogens is 2. The molecule has 0 bridgehead atoms. The second-order valence-electron chi connectivity index (χ2n) is 5.96. The SMILES string of the molecule is O=C(O)CCNC1C=C(c2ccco2)N=C(c2c[nH]c3ncc(F)cc23)N1. The summed E-state index contributed by atoms with van der Waals surface area (Å²) in [6, 6.07) is 4.92. The van der Waals surface area contributed by atoms with Crippen molar-refractivity contribution in [2.45, 2.75) is 12.6 Å². The Labute approximate surface area is 152 Å². The normalized spacial score (nSPS) is 16.7. The van der Waals surface area contributed by atoms with Crippen LogP contribution in [-0.2, 0) is 4.79 Å². The second-order valence-corrected chi connectivity index (χ2v) is 5.96. The van der Waals surface area contributed by atoms with E-state index in [9.17, 15) is 9.18 Å². The average Bonchev–Trinajstić information content (AvgIpc) is 3.31. The zero-order valence-corrected chi connectivity index (χ0v) is 14.1. The van der Waals surface area contributed by atoms with Gasteiger partial charge in [-0.05, 0) is 24.3 Å². The first-order valence-electron chi connectivity index (χ1n) is 8.29. The van der Waals surface area contributed by atoms with Gasteiger partial charge in [0.2, 0.25) is 0 Å². The Hall–Kier alpha value is -3.46. The molecule has 0 aliphatic carbocycles. The van der Waals surface area contributed by atoms with Crippen LogP contribution in [0.2, 0.25) is 0 Å². The minimum Gasteiger partial charge on any atom is -0.481 e. The largest absolute Gasteiger partial charge is 0.481 e. The fraction of sp³-hybridized carbons (Fsp3) is 0.167. The van der Waals surface area contributed by atoms with Crippen LogP contribution < -0.4 is 10.6 Å². The summed E-state index contributed by atoms with van der Waals surface area (Å²) in [6.07, 6.45) is 5.80. The molecule has 4 heterocycles. The number of H-pyrrole nitrogens is 1. The number of carbonyl (C=O) groups is 1. The van der Waals surface area contributed by atoms with Gasteiger partial charge in [0.15, 0.2) is 5.76 Å². The first-order chi connectivity index (χ1) is 13.1. The lowest BCUT2D eigenvalue weighted by Gasteiger charge is -2.23. The van der Waals surface area contributed by atoms with Crippen LogP contribution in [0.3, 0.4) is 0 Å². The highest BCUT2D eigenvalue weighted by atomic mass is 19.1. The van der Waals surface area contributed by atoms with Crippen molar-refractivity contribution in [1.29, 1.82) is 0 Å². The summed E-state index contributed by atoms with van der Waals surface area (Å²) in [7, 11) is 0. The number of aliphatic imine (C=N–C) groups is 1. The Morgan fingerprint density at radius 2 is 2.33 bits per heavy atom. The molecule has 4 N–H and O–H groups in total. The van der Waals surface area contributed by atoms with E-state index in [-0.39, 0.29) is 19.1 Å². The topological polar surface area (TPSA) is 116 Å². The number of aromatic amines is 1. The summed E-state index contributed by atoms with van der Waals surface area (Å²) in [5, 5.41) is 15.7. The number of furan rings is 1. The summed E-state index contributed by atoms with van der Waals surface area (Å²) < 4.78 is 19.1. The van der Waals surface area contributed by atoms with E-state index in [2.05, 4.69) is 25.6 Å². The van der Waals surface area contributed by atoms with Gasteiger partial charge in [0.25, 0.3) is 0 Å². The van der Waals surface area contributed by atoms with Gasteiger partial charge < -0.3 is 19.8 Å². The molecular weight excluding hydrogens is 353 g/mol. The fourth-order valence-corrected chi connectivity index (χ4v) is 2.85. The van der Waals surface area contributed by atoms with Crippen LogP contribution in [-0.4, -0.2) is 39.6 Å². The van der Waals surface area contributed by atoms with Crippen LogP contribution >= 0.6 is 0 Å². The molecule has 0 aromatic carbocycles. The molecule has 1 atom stereocenters. The summed E-state index contributed by atoms with van der Waals surface area (Å²) in [4.78, 5) is 22.4. The molecule has 27 heavy (non-hydrogen) atoms. The number of hydrogen-bond acceptors (Lipinski definition) is 6. The molecular formula is C18H16FN5O3. The maximum absolute atomic E-state index is 13.6. The molecule has 3 aromatic heterocycles. The van der Waals surface area contributed by atoms with Crippen molar-refractivity contribution in [3.63, 3.8) is 0 Å². The predicted octanol–water partition coefficient (Wildman–Crippen LogP) is 2.08. The van der Waals surface area contributed by atoms with Gasteiger partial charge in [-0.3, -0.25) is 10.1 Å². The Bertz CT molecular complexity index is 1040. The Kier molecular flexibility index (Phi) is 4.43. The van der Waals surface area contributed by atoms with Crippen LogP contribution in [0.15, 0.2) is 52.3 Å². The van der Waals surface area contributed by atoms with Gasteiger partial charge in [-0.25, -0.2) is 14.4 Å². The summed E-state index contributed by atoms with van der Waals surface area (Å²) in [5.74, 6) is -0.267. The van der Waals surface area contributed by atoms with Crippen molar-refractivity contribution in [3.8, 4) is 0 Å². The van der Waals surface area contributed by atoms with E-state index in [4.69, 9.17) is 9.52 Å². The number of pyridine rings is 1. The third-order valence-corrected chi connectivity index (χ3v) is 4.08. The minimum absolute atomic E-state index is 0.0171. The van der Waals surface area contributed by atoms with Gasteiger partial charge in [0.05, 0.1) is 25.0 Å². The molecule has 4 rings (SSSR count). The highest BCUT2D eigenvalue weighted by Gasteiger charge is 2.21. The quantitative estimate of drug-likeness (QED) is 0.529. The molecule has 9 heteroatoms. The second kappa shape index (κ2) is 7.04. The first kappa shape index (κ1) is 17.0. The van der Waals surface area contributed by atoms with Gasteiger partial charge in [0, 0.05) is 23.7 Å². The summed E-state index contributed by atoms with van der Waals surface area (Å²) in [6.45, 7) is 0.270. The molecule has 1 unspecified atom stereocenters. The zero-order valence-electron chi connectivity index (χ0n) is 14.1. The highest BCUT2D eigenvalue weighted by Crippen LogP contribution is 2.24. The Morgan fingerprint density at radius 1 is 1.44 bits per heavy atom. The number of hydrogen-bond donors (Lipinski definition) is 4. The molecule has 0 radical (unpaired) electrons. The number of nitrogens with one attached hydrogen (secondary N) is 3. The van der Waals surface area contributed by atoms with Crippen molar-refractivity contribution in [1.82, 2.24) is 20.6 Å². The molecule has 0 amide bonds. The number of amidine groups is 1. The number of nitrogens with zero attached hydrogens (tertiary/aromatic N) is 2. The van der Waals surface area contributed by atoms with E-state index >= 15 is 0 Å². The molecule has 1 aliphatic heterocycles. The highest BCUT2D eigenvalue weighted by molar-refractivity contribution is 6.11. The van der Waals surface area contributed by atoms with Crippen molar-refractivity contribution >= 4 is 28.5 Å². The molecule has 0 spiro atoms. The lowest BCUT2D eigenvalue weighted by molar-refractivity contribution is -0.136. The van der Waals surface area contributed by atoms with Crippen LogP contribution in [0.25, 0.3) is 16.7 Å². The van der Waals surface area contributed by atoms with Gasteiger partial charge >= 0.3 is 5.97 Å². The van der Waals surface area contributed by atoms with Crippen molar-refractivity contribution in [3.05, 3.63) is 60.1 Å². The fourth-order valence-electron chi connectivity index (χ4n) is 2.85. The molecule has 0 saturated carbocycles. The van der Waals surface area contributed by atoms with E-state index in [0.717, 1.165) is 6.20 Å². The van der Waals surface area contributed by atoms with Crippen LogP contribution in [0.4, 0.5) is 4.39 Å². The smallest absolute Gasteiger partial charge is 0.304 e. The maximum atomic E-state index is 13.6. The number of carboxylic acid groups (broad SMARTS) is 1. The number of aliphatic carboxylic acids is 1. The molecule has 8 nitrogen and oxygen atoms in total. The van der Waals surface area contributed by atoms with Gasteiger partial charge in [0.1, 0.15) is 23.0 Å². The third kappa shape index (κ3) is 3.58. The number of carboxylic acids is 1. The van der Waals surface area contributed by atoms with Crippen LogP contribution in [0.1, 0.15) is 17.7 Å². The van der Waals surface area contributed by atoms with Crippen LogP contribution in [0, 0.1) is 5.82 Å². The van der Waals surface area contributed by atoms with Crippen molar-refractivity contribution in [2.75, 3.05) is 6.54 Å². The zero-order chi connectivity index (χ0) is 18.8. The van der Waals surface area contributed by atoms with Crippen molar-refractivity contribution < 1.29 is 18.7 Å². The van der Waals surface area contributed by atoms with E-state index in [1.54, 1.807) is 30.7 Å². The minimum atomic E-state index is -0.888. The van der Waals surface area contributed by atoms with Crippen LogP contribution in [0.5, 0.6) is 0 Å². The Balaban J connectivity index is 1.69. The van der Waals surface area contributed by atoms with E-state index in [1.807, 2.05) is 0 Å². The number of fused-ring (bicyclic) bond motifs is 1.